The number of anilines is 1. The van der Waals surface area contributed by atoms with E-state index in [2.05, 4.69) is 25.7 Å². The molecule has 0 spiro atoms. The number of nitrogens with zero attached hydrogens (tertiary/aromatic N) is 1. The average Bonchev–Trinajstić information content (AvgIpc) is 2.49. The van der Waals surface area contributed by atoms with Crippen molar-refractivity contribution in [3.05, 3.63) is 24.3 Å². The minimum atomic E-state index is -0.762. The first-order valence-electron chi connectivity index (χ1n) is 8.15. The molecule has 0 heterocycles. The molecule has 0 aliphatic heterocycles. The van der Waals surface area contributed by atoms with Crippen molar-refractivity contribution in [1.82, 2.24) is 0 Å². The maximum absolute atomic E-state index is 11.2. The Kier molecular flexibility index (Phi) is 7.78. The fourth-order valence-corrected chi connectivity index (χ4v) is 2.19. The van der Waals surface area contributed by atoms with Crippen molar-refractivity contribution in [2.24, 2.45) is 11.8 Å². The van der Waals surface area contributed by atoms with Gasteiger partial charge in [0, 0.05) is 13.1 Å². The van der Waals surface area contributed by atoms with Crippen molar-refractivity contribution < 1.29 is 14.6 Å². The second-order valence-corrected chi connectivity index (χ2v) is 6.18. The first-order chi connectivity index (χ1) is 10.5. The summed E-state index contributed by atoms with van der Waals surface area (Å²) in [6.45, 7) is 10.2. The molecule has 0 aliphatic carbocycles. The van der Waals surface area contributed by atoms with Crippen LogP contribution in [0.2, 0.25) is 0 Å². The van der Waals surface area contributed by atoms with E-state index in [9.17, 15) is 9.90 Å². The van der Waals surface area contributed by atoms with Crippen molar-refractivity contribution in [1.29, 1.82) is 0 Å². The first kappa shape index (κ1) is 18.3. The van der Waals surface area contributed by atoms with Crippen molar-refractivity contribution in [3.63, 3.8) is 0 Å². The molecule has 0 radical (unpaired) electrons. The van der Waals surface area contributed by atoms with Crippen LogP contribution < -0.4 is 9.64 Å². The van der Waals surface area contributed by atoms with E-state index in [0.717, 1.165) is 30.8 Å². The Morgan fingerprint density at radius 3 is 2.55 bits per heavy atom. The summed E-state index contributed by atoms with van der Waals surface area (Å²) in [6, 6.07) is 7.90. The van der Waals surface area contributed by atoms with E-state index in [4.69, 9.17) is 4.74 Å². The van der Waals surface area contributed by atoms with Crippen LogP contribution in [0.15, 0.2) is 24.3 Å². The standard InChI is InChI=1S/C18H29NO3/c1-5-12-22-17-9-7-6-8-16(17)19(11-10-14(2)3)13-15(4)18(20)21/h6-9,14-15H,5,10-13H2,1-4H3,(H,20,21). The average molecular weight is 307 g/mol. The summed E-state index contributed by atoms with van der Waals surface area (Å²) >= 11 is 0. The number of hydrogen-bond acceptors (Lipinski definition) is 3. The summed E-state index contributed by atoms with van der Waals surface area (Å²) in [7, 11) is 0. The van der Waals surface area contributed by atoms with Gasteiger partial charge in [0.25, 0.3) is 0 Å². The van der Waals surface area contributed by atoms with E-state index in [1.807, 2.05) is 24.3 Å². The van der Waals surface area contributed by atoms with Gasteiger partial charge in [-0.15, -0.1) is 0 Å². The highest BCUT2D eigenvalue weighted by molar-refractivity contribution is 5.71. The van der Waals surface area contributed by atoms with Gasteiger partial charge in [-0.2, -0.15) is 0 Å². The number of carboxylic acids is 1. The first-order valence-corrected chi connectivity index (χ1v) is 8.15. The highest BCUT2D eigenvalue weighted by atomic mass is 16.5. The van der Waals surface area contributed by atoms with Gasteiger partial charge in [0.05, 0.1) is 18.2 Å². The molecule has 0 fully saturated rings. The van der Waals surface area contributed by atoms with Crippen molar-refractivity contribution >= 4 is 11.7 Å². The zero-order valence-electron chi connectivity index (χ0n) is 14.2. The van der Waals surface area contributed by atoms with Crippen LogP contribution in [-0.2, 0) is 4.79 Å². The summed E-state index contributed by atoms with van der Waals surface area (Å²) in [5.74, 6) is 0.241. The lowest BCUT2D eigenvalue weighted by Crippen LogP contribution is -2.33. The van der Waals surface area contributed by atoms with Gasteiger partial charge in [0.2, 0.25) is 0 Å². The topological polar surface area (TPSA) is 49.8 Å². The van der Waals surface area contributed by atoms with Gasteiger partial charge in [-0.1, -0.05) is 39.8 Å². The lowest BCUT2D eigenvalue weighted by Gasteiger charge is -2.29. The fourth-order valence-electron chi connectivity index (χ4n) is 2.19. The van der Waals surface area contributed by atoms with E-state index >= 15 is 0 Å². The summed E-state index contributed by atoms with van der Waals surface area (Å²) in [5.41, 5.74) is 0.990. The zero-order valence-corrected chi connectivity index (χ0v) is 14.2. The lowest BCUT2D eigenvalue weighted by molar-refractivity contribution is -0.140. The quantitative estimate of drug-likeness (QED) is 0.708. The molecule has 4 heteroatoms. The Balaban J connectivity index is 2.95. The number of hydrogen-bond donors (Lipinski definition) is 1. The van der Waals surface area contributed by atoms with E-state index in [1.54, 1.807) is 6.92 Å². The maximum Gasteiger partial charge on any atom is 0.308 e. The van der Waals surface area contributed by atoms with Crippen LogP contribution in [-0.4, -0.2) is 30.8 Å². The number of carbonyl (C=O) groups is 1. The van der Waals surface area contributed by atoms with E-state index < -0.39 is 11.9 Å². The van der Waals surface area contributed by atoms with Gasteiger partial charge >= 0.3 is 5.97 Å². The molecule has 0 bridgehead atoms. The van der Waals surface area contributed by atoms with Crippen molar-refractivity contribution in [2.75, 3.05) is 24.6 Å². The van der Waals surface area contributed by atoms with Gasteiger partial charge in [-0.3, -0.25) is 4.79 Å². The van der Waals surface area contributed by atoms with E-state index in [-0.39, 0.29) is 0 Å². The van der Waals surface area contributed by atoms with Gasteiger partial charge < -0.3 is 14.7 Å². The monoisotopic (exact) mass is 307 g/mol. The van der Waals surface area contributed by atoms with Gasteiger partial charge in [0.15, 0.2) is 0 Å². The molecule has 0 aromatic heterocycles. The van der Waals surface area contributed by atoms with E-state index in [0.29, 0.717) is 19.1 Å². The largest absolute Gasteiger partial charge is 0.491 e. The third-order valence-corrected chi connectivity index (χ3v) is 3.56. The zero-order chi connectivity index (χ0) is 16.5. The maximum atomic E-state index is 11.2. The highest BCUT2D eigenvalue weighted by Gasteiger charge is 2.19. The molecule has 0 saturated heterocycles. The highest BCUT2D eigenvalue weighted by Crippen LogP contribution is 2.29. The number of carboxylic acid groups (broad SMARTS) is 1. The SMILES string of the molecule is CCCOc1ccccc1N(CCC(C)C)CC(C)C(=O)O. The number of rotatable bonds is 10. The Morgan fingerprint density at radius 2 is 1.95 bits per heavy atom. The summed E-state index contributed by atoms with van der Waals surface area (Å²) in [6.07, 6.45) is 1.97. The Labute approximate surface area is 134 Å². The number of ether oxygens (including phenoxy) is 1. The van der Waals surface area contributed by atoms with Gasteiger partial charge in [-0.25, -0.2) is 0 Å². The normalized spacial score (nSPS) is 12.2. The molecule has 0 aliphatic rings. The van der Waals surface area contributed by atoms with Crippen LogP contribution in [0.1, 0.15) is 40.5 Å². The molecule has 22 heavy (non-hydrogen) atoms. The van der Waals surface area contributed by atoms with Crippen LogP contribution in [0.3, 0.4) is 0 Å². The van der Waals surface area contributed by atoms with Crippen molar-refractivity contribution in [2.45, 2.75) is 40.5 Å². The van der Waals surface area contributed by atoms with Crippen molar-refractivity contribution in [3.8, 4) is 5.75 Å². The molecule has 4 nitrogen and oxygen atoms in total. The molecule has 1 rings (SSSR count). The Morgan fingerprint density at radius 1 is 1.27 bits per heavy atom. The summed E-state index contributed by atoms with van der Waals surface area (Å²) in [4.78, 5) is 13.3. The van der Waals surface area contributed by atoms with Gasteiger partial charge in [-0.05, 0) is 30.9 Å². The number of aliphatic carboxylic acids is 1. The molecule has 1 unspecified atom stereocenters. The minimum Gasteiger partial charge on any atom is -0.491 e. The molecule has 1 aromatic rings. The van der Waals surface area contributed by atoms with E-state index in [1.165, 1.54) is 0 Å². The predicted molar refractivity (Wildman–Crippen MR) is 90.7 cm³/mol. The van der Waals surface area contributed by atoms with Crippen LogP contribution in [0.4, 0.5) is 5.69 Å². The molecule has 1 atom stereocenters. The summed E-state index contributed by atoms with van der Waals surface area (Å²) in [5, 5.41) is 9.21. The molecule has 0 saturated carbocycles. The Bertz CT molecular complexity index is 459. The molecule has 1 N–H and O–H groups in total. The minimum absolute atomic E-state index is 0.411. The third-order valence-electron chi connectivity index (χ3n) is 3.56. The second-order valence-electron chi connectivity index (χ2n) is 6.18. The lowest BCUT2D eigenvalue weighted by atomic mass is 10.1. The molecule has 0 amide bonds. The van der Waals surface area contributed by atoms with Crippen LogP contribution in [0.5, 0.6) is 5.75 Å². The number of para-hydroxylation sites is 2. The smallest absolute Gasteiger partial charge is 0.308 e. The predicted octanol–water partition coefficient (Wildman–Crippen LogP) is 4.05. The number of benzene rings is 1. The second kappa shape index (κ2) is 9.34. The molecule has 1 aromatic carbocycles. The molecule has 124 valence electrons. The van der Waals surface area contributed by atoms with Crippen LogP contribution in [0, 0.1) is 11.8 Å². The Hall–Kier alpha value is -1.71. The fraction of sp³-hybridized carbons (Fsp3) is 0.611. The van der Waals surface area contributed by atoms with Crippen LogP contribution in [0.25, 0.3) is 0 Å². The third kappa shape index (κ3) is 5.96. The molecular formula is C18H29NO3. The summed E-state index contributed by atoms with van der Waals surface area (Å²) < 4.78 is 5.83. The van der Waals surface area contributed by atoms with Gasteiger partial charge in [0.1, 0.15) is 5.75 Å². The van der Waals surface area contributed by atoms with Crippen LogP contribution >= 0.6 is 0 Å². The molecular weight excluding hydrogens is 278 g/mol.